The van der Waals surface area contributed by atoms with Crippen molar-refractivity contribution in [2.24, 2.45) is 0 Å². The molecule has 0 unspecified atom stereocenters. The number of aliphatic hydroxyl groups excluding tert-OH is 4. The van der Waals surface area contributed by atoms with Crippen molar-refractivity contribution >= 4 is 11.9 Å². The van der Waals surface area contributed by atoms with Gasteiger partial charge in [0.1, 0.15) is 24.9 Å². The molecule has 0 bridgehead atoms. The van der Waals surface area contributed by atoms with E-state index in [0.29, 0.717) is 0 Å². The molecule has 1 rings (SSSR count). The van der Waals surface area contributed by atoms with E-state index in [2.05, 4.69) is 5.32 Å². The Labute approximate surface area is 127 Å². The minimum absolute atomic E-state index is 0.0270. The van der Waals surface area contributed by atoms with Crippen molar-refractivity contribution in [1.29, 1.82) is 0 Å². The van der Waals surface area contributed by atoms with Crippen LogP contribution in [-0.2, 0) is 16.1 Å². The second-order valence-electron chi connectivity index (χ2n) is 4.54. The van der Waals surface area contributed by atoms with Gasteiger partial charge in [0.2, 0.25) is 0 Å². The number of carbonyl (C=O) groups excluding carboxylic acids is 2. The molecular formula is C14H19NO7. The van der Waals surface area contributed by atoms with Crippen molar-refractivity contribution in [2.75, 3.05) is 13.2 Å². The van der Waals surface area contributed by atoms with E-state index in [9.17, 15) is 19.8 Å². The molecule has 8 nitrogen and oxygen atoms in total. The zero-order chi connectivity index (χ0) is 16.5. The Morgan fingerprint density at radius 3 is 2.27 bits per heavy atom. The number of carbonyl (C=O) groups is 2. The van der Waals surface area contributed by atoms with E-state index in [4.69, 9.17) is 14.9 Å². The minimum atomic E-state index is -1.92. The third kappa shape index (κ3) is 5.41. The number of hydrogen-bond donors (Lipinski definition) is 5. The molecule has 0 spiro atoms. The fraction of sp³-hybridized carbons (Fsp3) is 0.429. The molecule has 8 heteroatoms. The maximum atomic E-state index is 11.7. The van der Waals surface area contributed by atoms with E-state index in [1.165, 1.54) is 0 Å². The molecular weight excluding hydrogens is 294 g/mol. The number of aliphatic hydroxyl groups is 4. The van der Waals surface area contributed by atoms with Crippen LogP contribution in [0.2, 0.25) is 0 Å². The molecule has 1 aromatic rings. The van der Waals surface area contributed by atoms with Crippen LogP contribution in [0, 0.1) is 0 Å². The minimum Gasteiger partial charge on any atom is -0.445 e. The van der Waals surface area contributed by atoms with Crippen molar-refractivity contribution in [3.63, 3.8) is 0 Å². The predicted octanol–water partition coefficient (Wildman–Crippen LogP) is -1.44. The molecule has 0 heterocycles. The largest absolute Gasteiger partial charge is 0.445 e. The Bertz CT molecular complexity index is 479. The molecule has 0 aliphatic rings. The van der Waals surface area contributed by atoms with Gasteiger partial charge in [-0.2, -0.15) is 0 Å². The van der Waals surface area contributed by atoms with Crippen molar-refractivity contribution in [2.45, 2.75) is 24.9 Å². The van der Waals surface area contributed by atoms with Crippen LogP contribution in [0.25, 0.3) is 0 Å². The SMILES string of the molecule is O=C(N[C@@H](CO)C(=O)[C@H](O)[C@H](O)CO)OCc1ccccc1. The molecule has 0 saturated heterocycles. The van der Waals surface area contributed by atoms with Gasteiger partial charge in [0.25, 0.3) is 0 Å². The van der Waals surface area contributed by atoms with E-state index in [0.717, 1.165) is 5.56 Å². The van der Waals surface area contributed by atoms with Crippen LogP contribution in [0.4, 0.5) is 4.79 Å². The van der Waals surface area contributed by atoms with Crippen LogP contribution in [0.5, 0.6) is 0 Å². The van der Waals surface area contributed by atoms with Crippen LogP contribution < -0.4 is 5.32 Å². The van der Waals surface area contributed by atoms with E-state index in [-0.39, 0.29) is 6.61 Å². The number of ketones is 1. The summed E-state index contributed by atoms with van der Waals surface area (Å²) in [6, 6.07) is 7.37. The first-order valence-corrected chi connectivity index (χ1v) is 6.58. The lowest BCUT2D eigenvalue weighted by atomic mass is 10.0. The number of alkyl carbamates (subject to hydrolysis) is 1. The molecule has 0 aliphatic heterocycles. The fourth-order valence-electron chi connectivity index (χ4n) is 1.61. The highest BCUT2D eigenvalue weighted by atomic mass is 16.5. The van der Waals surface area contributed by atoms with Crippen molar-refractivity contribution in [3.8, 4) is 0 Å². The van der Waals surface area contributed by atoms with Crippen molar-refractivity contribution in [3.05, 3.63) is 35.9 Å². The van der Waals surface area contributed by atoms with E-state index >= 15 is 0 Å². The molecule has 3 atom stereocenters. The Balaban J connectivity index is 2.51. The van der Waals surface area contributed by atoms with Crippen molar-refractivity contribution in [1.82, 2.24) is 5.32 Å². The van der Waals surface area contributed by atoms with E-state index < -0.39 is 43.3 Å². The molecule has 1 aromatic carbocycles. The number of hydrogen-bond acceptors (Lipinski definition) is 7. The lowest BCUT2D eigenvalue weighted by Gasteiger charge is -2.20. The number of rotatable bonds is 8. The third-order valence-corrected chi connectivity index (χ3v) is 2.87. The Morgan fingerprint density at radius 2 is 1.73 bits per heavy atom. The second-order valence-corrected chi connectivity index (χ2v) is 4.54. The van der Waals surface area contributed by atoms with Gasteiger partial charge in [0.15, 0.2) is 5.78 Å². The highest BCUT2D eigenvalue weighted by Crippen LogP contribution is 2.02. The first kappa shape index (κ1) is 18.1. The van der Waals surface area contributed by atoms with Gasteiger partial charge in [-0.05, 0) is 5.56 Å². The number of nitrogens with one attached hydrogen (secondary N) is 1. The molecule has 22 heavy (non-hydrogen) atoms. The zero-order valence-electron chi connectivity index (χ0n) is 11.8. The summed E-state index contributed by atoms with van der Waals surface area (Å²) in [4.78, 5) is 23.3. The molecule has 0 fully saturated rings. The Morgan fingerprint density at radius 1 is 1.09 bits per heavy atom. The summed E-state index contributed by atoms with van der Waals surface area (Å²) >= 11 is 0. The van der Waals surface area contributed by atoms with Gasteiger partial charge in [-0.1, -0.05) is 30.3 Å². The molecule has 1 amide bonds. The fourth-order valence-corrected chi connectivity index (χ4v) is 1.61. The summed E-state index contributed by atoms with van der Waals surface area (Å²) in [6.07, 6.45) is -4.57. The smallest absolute Gasteiger partial charge is 0.408 e. The molecule has 0 saturated carbocycles. The maximum absolute atomic E-state index is 11.7. The van der Waals surface area contributed by atoms with Crippen LogP contribution in [0.3, 0.4) is 0 Å². The number of amides is 1. The molecule has 122 valence electrons. The normalized spacial score (nSPS) is 14.7. The average molecular weight is 313 g/mol. The van der Waals surface area contributed by atoms with Gasteiger partial charge >= 0.3 is 6.09 Å². The highest BCUT2D eigenvalue weighted by molar-refractivity contribution is 5.91. The van der Waals surface area contributed by atoms with E-state index in [1.807, 2.05) is 0 Å². The summed E-state index contributed by atoms with van der Waals surface area (Å²) in [5.41, 5.74) is 0.736. The first-order valence-electron chi connectivity index (χ1n) is 6.58. The monoisotopic (exact) mass is 313 g/mol. The summed E-state index contributed by atoms with van der Waals surface area (Å²) in [5, 5.41) is 38.5. The van der Waals surface area contributed by atoms with Gasteiger partial charge < -0.3 is 30.5 Å². The van der Waals surface area contributed by atoms with Crippen LogP contribution >= 0.6 is 0 Å². The van der Waals surface area contributed by atoms with Gasteiger partial charge in [-0.3, -0.25) is 4.79 Å². The molecule has 0 aliphatic carbocycles. The first-order chi connectivity index (χ1) is 10.5. The second kappa shape index (κ2) is 9.11. The molecule has 0 aromatic heterocycles. The summed E-state index contributed by atoms with van der Waals surface area (Å²) in [5.74, 6) is -1.03. The average Bonchev–Trinajstić information content (AvgIpc) is 2.56. The number of Topliss-reactive ketones (excluding diaryl/α,β-unsaturated/α-hetero) is 1. The molecule has 0 radical (unpaired) electrons. The zero-order valence-corrected chi connectivity index (χ0v) is 11.8. The van der Waals surface area contributed by atoms with Gasteiger partial charge in [-0.25, -0.2) is 4.79 Å². The lowest BCUT2D eigenvalue weighted by molar-refractivity contribution is -0.137. The Kier molecular flexibility index (Phi) is 7.47. The van der Waals surface area contributed by atoms with Crippen LogP contribution in [-0.4, -0.2) is 63.8 Å². The number of ether oxygens (including phenoxy) is 1. The van der Waals surface area contributed by atoms with Gasteiger partial charge in [0.05, 0.1) is 13.2 Å². The Hall–Kier alpha value is -2.00. The summed E-state index contributed by atoms with van der Waals surface area (Å²) in [7, 11) is 0. The third-order valence-electron chi connectivity index (χ3n) is 2.87. The topological polar surface area (TPSA) is 136 Å². The van der Waals surface area contributed by atoms with Crippen molar-refractivity contribution < 1.29 is 34.8 Å². The van der Waals surface area contributed by atoms with Gasteiger partial charge in [-0.15, -0.1) is 0 Å². The predicted molar refractivity (Wildman–Crippen MR) is 74.7 cm³/mol. The van der Waals surface area contributed by atoms with Gasteiger partial charge in [0, 0.05) is 0 Å². The quantitative estimate of drug-likeness (QED) is 0.396. The standard InChI is InChI=1S/C14H19NO7/c16-6-10(12(19)13(20)11(18)7-17)15-14(21)22-8-9-4-2-1-3-5-9/h1-5,10-11,13,16-18,20H,6-8H2,(H,15,21)/t10-,11+,13+/m0/s1. The summed E-state index contributed by atoms with van der Waals surface area (Å²) < 4.78 is 4.87. The number of benzene rings is 1. The highest BCUT2D eigenvalue weighted by Gasteiger charge is 2.31. The van der Waals surface area contributed by atoms with E-state index in [1.54, 1.807) is 30.3 Å². The molecule has 5 N–H and O–H groups in total. The van der Waals surface area contributed by atoms with Crippen LogP contribution in [0.15, 0.2) is 30.3 Å². The lowest BCUT2D eigenvalue weighted by Crippen LogP contribution is -2.51. The maximum Gasteiger partial charge on any atom is 0.408 e. The summed E-state index contributed by atoms with van der Waals surface area (Å²) in [6.45, 7) is -1.64. The van der Waals surface area contributed by atoms with Crippen LogP contribution in [0.1, 0.15) is 5.56 Å².